The molecule has 1 aromatic rings. The highest BCUT2D eigenvalue weighted by molar-refractivity contribution is 6.35. The summed E-state index contributed by atoms with van der Waals surface area (Å²) in [7, 11) is 0. The van der Waals surface area contributed by atoms with Gasteiger partial charge in [0.05, 0.1) is 26.2 Å². The van der Waals surface area contributed by atoms with Crippen LogP contribution in [0.2, 0.25) is 10.0 Å². The van der Waals surface area contributed by atoms with Gasteiger partial charge in [-0.05, 0) is 36.6 Å². The zero-order valence-electron chi connectivity index (χ0n) is 14.5. The largest absolute Gasteiger partial charge is 1.00 e. The standard InChI is InChI=1S/C20H28Cl2N.BrH/c1-4-10-20(3,15-17-8-9-18(21)14-19(17)22)16-23(11-5-2)12-6-7-13-23;/h4-5,8-9,14H,1-2,6-7,10-13,15-16H2,3H3;1H/q+1;/p-1. The predicted octanol–water partition coefficient (Wildman–Crippen LogP) is 2.92. The van der Waals surface area contributed by atoms with E-state index in [4.69, 9.17) is 23.2 Å². The van der Waals surface area contributed by atoms with E-state index in [0.717, 1.165) is 35.4 Å². The molecule has 1 unspecified atom stereocenters. The molecule has 0 aliphatic carbocycles. The highest BCUT2D eigenvalue weighted by Gasteiger charge is 2.39. The molecule has 4 heteroatoms. The number of allylic oxidation sites excluding steroid dienone is 1. The smallest absolute Gasteiger partial charge is 0.0971 e. The number of likely N-dealkylation sites (tertiary alicyclic amines) is 1. The number of quaternary nitrogens is 1. The Labute approximate surface area is 167 Å². The molecule has 0 spiro atoms. The van der Waals surface area contributed by atoms with Crippen molar-refractivity contribution >= 4 is 23.2 Å². The molecule has 1 saturated heterocycles. The minimum atomic E-state index is 0. The van der Waals surface area contributed by atoms with Gasteiger partial charge in [-0.25, -0.2) is 0 Å². The molecule has 0 aromatic heterocycles. The minimum absolute atomic E-state index is 0. The summed E-state index contributed by atoms with van der Waals surface area (Å²) in [6, 6.07) is 5.84. The lowest BCUT2D eigenvalue weighted by molar-refractivity contribution is -0.917. The average molecular weight is 433 g/mol. The fraction of sp³-hybridized carbons (Fsp3) is 0.500. The van der Waals surface area contributed by atoms with Gasteiger partial charge in [0.15, 0.2) is 0 Å². The van der Waals surface area contributed by atoms with Crippen LogP contribution < -0.4 is 17.0 Å². The van der Waals surface area contributed by atoms with Gasteiger partial charge < -0.3 is 21.5 Å². The second-order valence-electron chi connectivity index (χ2n) is 7.34. The third kappa shape index (κ3) is 5.62. The summed E-state index contributed by atoms with van der Waals surface area (Å²) in [5.41, 5.74) is 1.32. The first-order chi connectivity index (χ1) is 10.9. The SMILES string of the molecule is C=CCC(C)(Cc1ccc(Cl)cc1Cl)C[N+]1(CC=C)CCCC1.[Br-]. The zero-order valence-corrected chi connectivity index (χ0v) is 17.6. The molecular weight excluding hydrogens is 405 g/mol. The van der Waals surface area contributed by atoms with Crippen LogP contribution in [-0.4, -0.2) is 30.7 Å². The fourth-order valence-corrected chi connectivity index (χ4v) is 4.64. The molecule has 2 rings (SSSR count). The number of rotatable bonds is 8. The van der Waals surface area contributed by atoms with Crippen molar-refractivity contribution in [3.63, 3.8) is 0 Å². The van der Waals surface area contributed by atoms with Crippen LogP contribution in [0.15, 0.2) is 43.5 Å². The molecule has 1 fully saturated rings. The Bertz CT molecular complexity index is 567. The van der Waals surface area contributed by atoms with Gasteiger partial charge >= 0.3 is 0 Å². The Morgan fingerprint density at radius 2 is 1.83 bits per heavy atom. The molecule has 1 aliphatic heterocycles. The van der Waals surface area contributed by atoms with Crippen molar-refractivity contribution in [1.82, 2.24) is 0 Å². The van der Waals surface area contributed by atoms with Crippen molar-refractivity contribution in [1.29, 1.82) is 0 Å². The maximum atomic E-state index is 6.42. The van der Waals surface area contributed by atoms with Gasteiger partial charge in [0, 0.05) is 28.3 Å². The number of benzene rings is 1. The van der Waals surface area contributed by atoms with E-state index in [9.17, 15) is 0 Å². The lowest BCUT2D eigenvalue weighted by atomic mass is 9.79. The van der Waals surface area contributed by atoms with Gasteiger partial charge in [-0.1, -0.05) is 48.8 Å². The molecule has 0 bridgehead atoms. The lowest BCUT2D eigenvalue weighted by Gasteiger charge is -2.41. The summed E-state index contributed by atoms with van der Waals surface area (Å²) < 4.78 is 1.15. The monoisotopic (exact) mass is 431 g/mol. The van der Waals surface area contributed by atoms with Crippen molar-refractivity contribution < 1.29 is 21.5 Å². The van der Waals surface area contributed by atoms with E-state index in [2.05, 4.69) is 32.2 Å². The van der Waals surface area contributed by atoms with Gasteiger partial charge in [-0.3, -0.25) is 0 Å². The van der Waals surface area contributed by atoms with Crippen molar-refractivity contribution in [2.24, 2.45) is 5.41 Å². The van der Waals surface area contributed by atoms with Gasteiger partial charge in [-0.15, -0.1) is 6.58 Å². The summed E-state index contributed by atoms with van der Waals surface area (Å²) >= 11 is 12.5. The number of hydrogen-bond acceptors (Lipinski definition) is 0. The topological polar surface area (TPSA) is 0 Å². The first-order valence-electron chi connectivity index (χ1n) is 8.43. The molecule has 1 aliphatic rings. The Kier molecular flexibility index (Phi) is 8.55. The first-order valence-corrected chi connectivity index (χ1v) is 9.18. The Morgan fingerprint density at radius 3 is 2.38 bits per heavy atom. The van der Waals surface area contributed by atoms with E-state index < -0.39 is 0 Å². The summed E-state index contributed by atoms with van der Waals surface area (Å²) in [4.78, 5) is 0. The van der Waals surface area contributed by atoms with E-state index >= 15 is 0 Å². The van der Waals surface area contributed by atoms with Gasteiger partial charge in [0.25, 0.3) is 0 Å². The zero-order chi connectivity index (χ0) is 16.9. The normalized spacial score (nSPS) is 18.5. The lowest BCUT2D eigenvalue weighted by Crippen LogP contribution is -3.00. The fourth-order valence-electron chi connectivity index (χ4n) is 4.16. The van der Waals surface area contributed by atoms with E-state index in [1.54, 1.807) is 0 Å². The summed E-state index contributed by atoms with van der Waals surface area (Å²) in [5.74, 6) is 0. The van der Waals surface area contributed by atoms with E-state index in [1.165, 1.54) is 31.5 Å². The van der Waals surface area contributed by atoms with E-state index in [1.807, 2.05) is 18.2 Å². The van der Waals surface area contributed by atoms with Gasteiger partial charge in [0.2, 0.25) is 0 Å². The second-order valence-corrected chi connectivity index (χ2v) is 8.18. The Morgan fingerprint density at radius 1 is 1.17 bits per heavy atom. The maximum Gasteiger partial charge on any atom is 0.0971 e. The molecule has 0 N–H and O–H groups in total. The Balaban J connectivity index is 0.00000288. The molecule has 1 nitrogen and oxygen atoms in total. The maximum absolute atomic E-state index is 6.42. The molecule has 0 radical (unpaired) electrons. The van der Waals surface area contributed by atoms with Crippen LogP contribution in [-0.2, 0) is 6.42 Å². The molecule has 134 valence electrons. The number of nitrogens with zero attached hydrogens (tertiary/aromatic N) is 1. The van der Waals surface area contributed by atoms with Crippen LogP contribution in [0.3, 0.4) is 0 Å². The van der Waals surface area contributed by atoms with E-state index in [-0.39, 0.29) is 22.4 Å². The van der Waals surface area contributed by atoms with Gasteiger partial charge in [-0.2, -0.15) is 0 Å². The van der Waals surface area contributed by atoms with Crippen molar-refractivity contribution in [3.8, 4) is 0 Å². The van der Waals surface area contributed by atoms with Crippen molar-refractivity contribution in [3.05, 3.63) is 59.1 Å². The van der Waals surface area contributed by atoms with E-state index in [0.29, 0.717) is 5.02 Å². The van der Waals surface area contributed by atoms with Crippen molar-refractivity contribution in [2.75, 3.05) is 26.2 Å². The van der Waals surface area contributed by atoms with Crippen LogP contribution >= 0.6 is 23.2 Å². The van der Waals surface area contributed by atoms with Crippen LogP contribution in [0.5, 0.6) is 0 Å². The van der Waals surface area contributed by atoms with Crippen molar-refractivity contribution in [2.45, 2.75) is 32.6 Å². The Hall–Kier alpha value is -0.280. The number of hydrogen-bond donors (Lipinski definition) is 0. The molecule has 0 saturated carbocycles. The van der Waals surface area contributed by atoms with Crippen LogP contribution in [0.1, 0.15) is 31.7 Å². The minimum Gasteiger partial charge on any atom is -1.00 e. The number of halogens is 3. The highest BCUT2D eigenvalue weighted by Crippen LogP contribution is 2.36. The molecule has 1 heterocycles. The molecule has 0 amide bonds. The van der Waals surface area contributed by atoms with Gasteiger partial charge in [0.1, 0.15) is 0 Å². The summed E-state index contributed by atoms with van der Waals surface area (Å²) in [6.45, 7) is 15.0. The quantitative estimate of drug-likeness (QED) is 0.437. The van der Waals surface area contributed by atoms with Crippen LogP contribution in [0.4, 0.5) is 0 Å². The summed E-state index contributed by atoms with van der Waals surface area (Å²) in [6.07, 6.45) is 8.70. The molecule has 1 aromatic carbocycles. The van der Waals surface area contributed by atoms with Crippen LogP contribution in [0, 0.1) is 5.41 Å². The third-order valence-corrected chi connectivity index (χ3v) is 5.60. The highest BCUT2D eigenvalue weighted by atomic mass is 79.9. The molecular formula is C20H28BrCl2N. The molecule has 24 heavy (non-hydrogen) atoms. The second kappa shape index (κ2) is 9.43. The summed E-state index contributed by atoms with van der Waals surface area (Å²) in [5, 5.41) is 1.46. The first kappa shape index (κ1) is 21.8. The van der Waals surface area contributed by atoms with Crippen LogP contribution in [0.25, 0.3) is 0 Å². The third-order valence-electron chi connectivity index (χ3n) is 5.02. The average Bonchev–Trinajstić information content (AvgIpc) is 2.90. The predicted molar refractivity (Wildman–Crippen MR) is 102 cm³/mol. The molecule has 1 atom stereocenters.